The van der Waals surface area contributed by atoms with Crippen LogP contribution in [0.1, 0.15) is 33.3 Å². The third-order valence-corrected chi connectivity index (χ3v) is 5.44. The molecule has 0 atom stereocenters. The molecule has 8 nitrogen and oxygen atoms in total. The smallest absolute Gasteiger partial charge is 0.307 e. The summed E-state index contributed by atoms with van der Waals surface area (Å²) in [7, 11) is 3.10. The van der Waals surface area contributed by atoms with E-state index in [1.54, 1.807) is 44.6 Å². The van der Waals surface area contributed by atoms with Crippen molar-refractivity contribution in [1.29, 1.82) is 0 Å². The number of ether oxygens (including phenoxy) is 3. The summed E-state index contributed by atoms with van der Waals surface area (Å²) in [5.41, 5.74) is 6.52. The molecule has 0 aliphatic heterocycles. The first kappa shape index (κ1) is 23.7. The lowest BCUT2D eigenvalue weighted by Crippen LogP contribution is -2.16. The van der Waals surface area contributed by atoms with Gasteiger partial charge in [0.15, 0.2) is 17.3 Å². The van der Waals surface area contributed by atoms with Crippen molar-refractivity contribution in [3.05, 3.63) is 95.2 Å². The van der Waals surface area contributed by atoms with E-state index in [2.05, 4.69) is 41.1 Å². The van der Waals surface area contributed by atoms with Crippen LogP contribution in [0.25, 0.3) is 5.69 Å². The Hall–Kier alpha value is -4.46. The number of nitrogens with zero attached hydrogens (tertiary/aromatic N) is 2. The van der Waals surface area contributed by atoms with Crippen molar-refractivity contribution in [2.24, 2.45) is 5.10 Å². The Morgan fingerprint density at radius 1 is 0.971 bits per heavy atom. The minimum Gasteiger partial charge on any atom is -0.493 e. The van der Waals surface area contributed by atoms with Crippen molar-refractivity contribution in [3.63, 3.8) is 0 Å². The molecule has 1 amide bonds. The lowest BCUT2D eigenvalue weighted by Gasteiger charge is -2.10. The third kappa shape index (κ3) is 5.38. The van der Waals surface area contributed by atoms with Crippen molar-refractivity contribution in [2.75, 3.05) is 14.2 Å². The second-order valence-electron chi connectivity index (χ2n) is 7.78. The number of hydrogen-bond donors (Lipinski definition) is 1. The van der Waals surface area contributed by atoms with Crippen LogP contribution >= 0.6 is 0 Å². The summed E-state index contributed by atoms with van der Waals surface area (Å²) in [6.07, 6.45) is 1.48. The Morgan fingerprint density at radius 3 is 2.40 bits per heavy atom. The van der Waals surface area contributed by atoms with Crippen molar-refractivity contribution in [1.82, 2.24) is 9.99 Å². The summed E-state index contributed by atoms with van der Waals surface area (Å²) in [6, 6.07) is 20.7. The third-order valence-electron chi connectivity index (χ3n) is 5.44. The fourth-order valence-electron chi connectivity index (χ4n) is 3.73. The number of carbonyl (C=O) groups excluding carboxylic acids is 1. The van der Waals surface area contributed by atoms with Gasteiger partial charge in [0, 0.05) is 22.6 Å². The van der Waals surface area contributed by atoms with Crippen LogP contribution in [-0.2, 0) is 6.61 Å². The summed E-state index contributed by atoms with van der Waals surface area (Å²) < 4.78 is 24.2. The standard InChI is InChI=1S/C27H27N3O5/c1-18-8-9-19(2)30(18)21-10-12-22(13-11-21)34-17-23-14-15-25(35-23)27(31)29-28-16-20-6-5-7-24(32-3)26(20)33-4/h5-16H,17H2,1-4H3,(H,29,31). The number of furan rings is 1. The quantitative estimate of drug-likeness (QED) is 0.272. The Bertz CT molecular complexity index is 1320. The van der Waals surface area contributed by atoms with Gasteiger partial charge in [-0.15, -0.1) is 0 Å². The number of methoxy groups -OCH3 is 2. The molecule has 4 rings (SSSR count). The average molecular weight is 474 g/mol. The topological polar surface area (TPSA) is 87.2 Å². The average Bonchev–Trinajstić information content (AvgIpc) is 3.49. The molecule has 180 valence electrons. The number of aromatic nitrogens is 1. The van der Waals surface area contributed by atoms with Crippen LogP contribution < -0.4 is 19.6 Å². The zero-order valence-electron chi connectivity index (χ0n) is 20.1. The first-order valence-corrected chi connectivity index (χ1v) is 11.0. The van der Waals surface area contributed by atoms with E-state index in [0.29, 0.717) is 28.6 Å². The van der Waals surface area contributed by atoms with Gasteiger partial charge in [0.05, 0.1) is 20.4 Å². The second-order valence-corrected chi connectivity index (χ2v) is 7.78. The highest BCUT2D eigenvalue weighted by atomic mass is 16.5. The normalized spacial score (nSPS) is 11.0. The summed E-state index contributed by atoms with van der Waals surface area (Å²) in [5, 5.41) is 3.99. The van der Waals surface area contributed by atoms with Crippen molar-refractivity contribution in [3.8, 4) is 22.9 Å². The maximum atomic E-state index is 12.4. The van der Waals surface area contributed by atoms with Crippen molar-refractivity contribution in [2.45, 2.75) is 20.5 Å². The van der Waals surface area contributed by atoms with E-state index in [1.807, 2.05) is 24.3 Å². The molecule has 2 heterocycles. The van der Waals surface area contributed by atoms with Gasteiger partial charge in [0.1, 0.15) is 18.1 Å². The number of hydrazone groups is 1. The van der Waals surface area contributed by atoms with Crippen LogP contribution in [0.5, 0.6) is 17.2 Å². The molecule has 0 aliphatic carbocycles. The minimum absolute atomic E-state index is 0.132. The Kier molecular flexibility index (Phi) is 7.21. The highest BCUT2D eigenvalue weighted by Gasteiger charge is 2.12. The van der Waals surface area contributed by atoms with Gasteiger partial charge in [-0.3, -0.25) is 4.79 Å². The number of nitrogens with one attached hydrogen (secondary N) is 1. The summed E-state index contributed by atoms with van der Waals surface area (Å²) in [6.45, 7) is 4.34. The number of rotatable bonds is 9. The maximum absolute atomic E-state index is 12.4. The number of carbonyl (C=O) groups is 1. The minimum atomic E-state index is -0.476. The molecule has 1 N–H and O–H groups in total. The van der Waals surface area contributed by atoms with Gasteiger partial charge < -0.3 is 23.2 Å². The Balaban J connectivity index is 1.33. The van der Waals surface area contributed by atoms with Crippen LogP contribution in [-0.4, -0.2) is 30.9 Å². The SMILES string of the molecule is COc1cccc(C=NNC(=O)c2ccc(COc3ccc(-n4c(C)ccc4C)cc3)o2)c1OC. The molecule has 4 aromatic rings. The van der Waals surface area contributed by atoms with Crippen LogP contribution in [0.15, 0.2) is 76.2 Å². The zero-order chi connectivity index (χ0) is 24.8. The molecular weight excluding hydrogens is 446 g/mol. The molecule has 0 bridgehead atoms. The highest BCUT2D eigenvalue weighted by Crippen LogP contribution is 2.29. The van der Waals surface area contributed by atoms with Gasteiger partial charge in [-0.1, -0.05) is 6.07 Å². The first-order valence-electron chi connectivity index (χ1n) is 11.0. The number of aryl methyl sites for hydroxylation is 2. The number of para-hydroxylation sites is 1. The lowest BCUT2D eigenvalue weighted by molar-refractivity contribution is 0.0923. The monoisotopic (exact) mass is 473 g/mol. The molecule has 0 aliphatic rings. The van der Waals surface area contributed by atoms with E-state index >= 15 is 0 Å². The Labute approximate surface area is 203 Å². The van der Waals surface area contributed by atoms with Gasteiger partial charge in [0.2, 0.25) is 0 Å². The van der Waals surface area contributed by atoms with E-state index in [4.69, 9.17) is 18.6 Å². The van der Waals surface area contributed by atoms with E-state index in [-0.39, 0.29) is 12.4 Å². The van der Waals surface area contributed by atoms with Gasteiger partial charge in [0.25, 0.3) is 0 Å². The van der Waals surface area contributed by atoms with Crippen molar-refractivity contribution < 1.29 is 23.4 Å². The van der Waals surface area contributed by atoms with E-state index in [0.717, 1.165) is 5.69 Å². The molecule has 0 fully saturated rings. The highest BCUT2D eigenvalue weighted by molar-refractivity contribution is 5.93. The molecule has 0 unspecified atom stereocenters. The van der Waals surface area contributed by atoms with Crippen LogP contribution in [0.2, 0.25) is 0 Å². The summed E-state index contributed by atoms with van der Waals surface area (Å²) >= 11 is 0. The van der Waals surface area contributed by atoms with Gasteiger partial charge in [-0.05, 0) is 74.5 Å². The van der Waals surface area contributed by atoms with Crippen LogP contribution in [0.3, 0.4) is 0 Å². The largest absolute Gasteiger partial charge is 0.493 e. The lowest BCUT2D eigenvalue weighted by atomic mass is 10.2. The number of benzene rings is 2. The molecule has 35 heavy (non-hydrogen) atoms. The number of hydrogen-bond acceptors (Lipinski definition) is 6. The molecule has 0 saturated heterocycles. The van der Waals surface area contributed by atoms with Crippen LogP contribution in [0, 0.1) is 13.8 Å². The summed E-state index contributed by atoms with van der Waals surface area (Å²) in [4.78, 5) is 12.4. The molecule has 2 aromatic carbocycles. The summed E-state index contributed by atoms with van der Waals surface area (Å²) in [5.74, 6) is 1.98. The van der Waals surface area contributed by atoms with Crippen molar-refractivity contribution >= 4 is 12.1 Å². The van der Waals surface area contributed by atoms with Crippen LogP contribution in [0.4, 0.5) is 0 Å². The van der Waals surface area contributed by atoms with E-state index < -0.39 is 5.91 Å². The van der Waals surface area contributed by atoms with E-state index in [1.165, 1.54) is 17.6 Å². The van der Waals surface area contributed by atoms with Gasteiger partial charge in [-0.25, -0.2) is 5.43 Å². The fourth-order valence-corrected chi connectivity index (χ4v) is 3.73. The van der Waals surface area contributed by atoms with Gasteiger partial charge >= 0.3 is 5.91 Å². The molecule has 0 saturated carbocycles. The zero-order valence-corrected chi connectivity index (χ0v) is 20.1. The van der Waals surface area contributed by atoms with Gasteiger partial charge in [-0.2, -0.15) is 5.10 Å². The first-order chi connectivity index (χ1) is 17.0. The maximum Gasteiger partial charge on any atom is 0.307 e. The second kappa shape index (κ2) is 10.6. The predicted molar refractivity (Wildman–Crippen MR) is 133 cm³/mol. The molecule has 8 heteroatoms. The predicted octanol–water partition coefficient (Wildman–Crippen LogP) is 5.05. The van der Waals surface area contributed by atoms with E-state index in [9.17, 15) is 4.79 Å². The molecular formula is C27H27N3O5. The molecule has 0 spiro atoms. The Morgan fingerprint density at radius 2 is 1.71 bits per heavy atom. The number of amides is 1. The molecule has 2 aromatic heterocycles. The fraction of sp³-hybridized carbons (Fsp3) is 0.185. The molecule has 0 radical (unpaired) electrons.